The lowest BCUT2D eigenvalue weighted by Gasteiger charge is -2.17. The number of carboxylic acid groups (broad SMARTS) is 2. The van der Waals surface area contributed by atoms with E-state index in [1.807, 2.05) is 0 Å². The number of hydrogen-bond acceptors (Lipinski definition) is 4. The van der Waals surface area contributed by atoms with E-state index in [1.165, 1.54) is 17.0 Å². The van der Waals surface area contributed by atoms with Gasteiger partial charge in [-0.3, -0.25) is 4.79 Å². The van der Waals surface area contributed by atoms with Crippen molar-refractivity contribution in [1.82, 2.24) is 0 Å². The standard InChI is InChI=1S/C12H12N2O5/c13-8-4-10(15)14(5-8)9-2-6(11(16)17)1-7(3-9)12(18)19/h1-3,8H,4-5,13H2,(H,16,17)(H,18,19). The number of carbonyl (C=O) groups is 3. The van der Waals surface area contributed by atoms with Gasteiger partial charge in [-0.25, -0.2) is 9.59 Å². The smallest absolute Gasteiger partial charge is 0.335 e. The molecule has 7 heteroatoms. The maximum absolute atomic E-state index is 11.7. The molecule has 1 unspecified atom stereocenters. The summed E-state index contributed by atoms with van der Waals surface area (Å²) in [7, 11) is 0. The lowest BCUT2D eigenvalue weighted by molar-refractivity contribution is -0.117. The van der Waals surface area contributed by atoms with Gasteiger partial charge in [-0.05, 0) is 18.2 Å². The Labute approximate surface area is 108 Å². The summed E-state index contributed by atoms with van der Waals surface area (Å²) in [6, 6.07) is 3.26. The molecule has 0 aromatic heterocycles. The zero-order chi connectivity index (χ0) is 14.2. The van der Waals surface area contributed by atoms with Gasteiger partial charge >= 0.3 is 11.9 Å². The van der Waals surface area contributed by atoms with Gasteiger partial charge in [-0.15, -0.1) is 0 Å². The molecule has 1 aliphatic heterocycles. The van der Waals surface area contributed by atoms with E-state index >= 15 is 0 Å². The average molecular weight is 264 g/mol. The van der Waals surface area contributed by atoms with Crippen molar-refractivity contribution in [3.8, 4) is 0 Å². The summed E-state index contributed by atoms with van der Waals surface area (Å²) in [5, 5.41) is 17.9. The van der Waals surface area contributed by atoms with Crippen LogP contribution >= 0.6 is 0 Å². The van der Waals surface area contributed by atoms with Crippen LogP contribution in [0.1, 0.15) is 27.1 Å². The summed E-state index contributed by atoms with van der Waals surface area (Å²) < 4.78 is 0. The number of nitrogens with zero attached hydrogens (tertiary/aromatic N) is 1. The second-order valence-corrected chi connectivity index (χ2v) is 4.35. The molecule has 0 bridgehead atoms. The number of amides is 1. The van der Waals surface area contributed by atoms with Gasteiger partial charge < -0.3 is 20.8 Å². The minimum absolute atomic E-state index is 0.166. The average Bonchev–Trinajstić information content (AvgIpc) is 2.67. The summed E-state index contributed by atoms with van der Waals surface area (Å²) >= 11 is 0. The topological polar surface area (TPSA) is 121 Å². The van der Waals surface area contributed by atoms with Crippen LogP contribution in [0.2, 0.25) is 0 Å². The van der Waals surface area contributed by atoms with Crippen molar-refractivity contribution in [3.05, 3.63) is 29.3 Å². The third-order valence-corrected chi connectivity index (χ3v) is 2.88. The van der Waals surface area contributed by atoms with Gasteiger partial charge in [0.25, 0.3) is 0 Å². The Kier molecular flexibility index (Phi) is 3.22. The molecule has 19 heavy (non-hydrogen) atoms. The highest BCUT2D eigenvalue weighted by atomic mass is 16.4. The highest BCUT2D eigenvalue weighted by Gasteiger charge is 2.29. The van der Waals surface area contributed by atoms with E-state index in [-0.39, 0.29) is 41.7 Å². The van der Waals surface area contributed by atoms with E-state index in [0.717, 1.165) is 6.07 Å². The molecule has 1 amide bonds. The van der Waals surface area contributed by atoms with Crippen molar-refractivity contribution in [2.24, 2.45) is 5.73 Å². The van der Waals surface area contributed by atoms with Gasteiger partial charge in [0.05, 0.1) is 11.1 Å². The van der Waals surface area contributed by atoms with Crippen molar-refractivity contribution in [3.63, 3.8) is 0 Å². The molecule has 0 spiro atoms. The molecule has 0 saturated carbocycles. The predicted molar refractivity (Wildman–Crippen MR) is 65.3 cm³/mol. The van der Waals surface area contributed by atoms with Crippen molar-refractivity contribution in [1.29, 1.82) is 0 Å². The van der Waals surface area contributed by atoms with Crippen molar-refractivity contribution in [2.75, 3.05) is 11.4 Å². The minimum Gasteiger partial charge on any atom is -0.478 e. The Bertz CT molecular complexity index is 537. The van der Waals surface area contributed by atoms with Crippen molar-refractivity contribution in [2.45, 2.75) is 12.5 Å². The molecule has 1 saturated heterocycles. The van der Waals surface area contributed by atoms with Gasteiger partial charge in [0, 0.05) is 24.7 Å². The third kappa shape index (κ3) is 2.55. The van der Waals surface area contributed by atoms with Gasteiger partial charge in [0.2, 0.25) is 5.91 Å². The van der Waals surface area contributed by atoms with E-state index in [2.05, 4.69) is 0 Å². The zero-order valence-electron chi connectivity index (χ0n) is 9.87. The lowest BCUT2D eigenvalue weighted by atomic mass is 10.1. The molecule has 100 valence electrons. The van der Waals surface area contributed by atoms with Crippen LogP contribution in [0, 0.1) is 0 Å². The Morgan fingerprint density at radius 2 is 1.68 bits per heavy atom. The van der Waals surface area contributed by atoms with Gasteiger partial charge in [0.15, 0.2) is 0 Å². The van der Waals surface area contributed by atoms with Gasteiger partial charge in [-0.2, -0.15) is 0 Å². The number of carbonyl (C=O) groups excluding carboxylic acids is 1. The quantitative estimate of drug-likeness (QED) is 0.714. The molecule has 4 N–H and O–H groups in total. The highest BCUT2D eigenvalue weighted by molar-refractivity contribution is 6.00. The first-order valence-corrected chi connectivity index (χ1v) is 5.56. The first kappa shape index (κ1) is 13.0. The Hall–Kier alpha value is -2.41. The van der Waals surface area contributed by atoms with Crippen LogP contribution in [0.5, 0.6) is 0 Å². The molecule has 1 aromatic rings. The molecular formula is C12H12N2O5. The second kappa shape index (κ2) is 4.69. The Morgan fingerprint density at radius 3 is 2.05 bits per heavy atom. The van der Waals surface area contributed by atoms with Crippen LogP contribution in [0.25, 0.3) is 0 Å². The maximum Gasteiger partial charge on any atom is 0.335 e. The molecule has 1 atom stereocenters. The SMILES string of the molecule is NC1CC(=O)N(c2cc(C(=O)O)cc(C(=O)O)c2)C1. The van der Waals surface area contributed by atoms with E-state index in [9.17, 15) is 14.4 Å². The van der Waals surface area contributed by atoms with Crippen LogP contribution in [0.3, 0.4) is 0 Å². The molecule has 2 rings (SSSR count). The first-order valence-electron chi connectivity index (χ1n) is 5.56. The number of anilines is 1. The maximum atomic E-state index is 11.7. The third-order valence-electron chi connectivity index (χ3n) is 2.88. The summed E-state index contributed by atoms with van der Waals surface area (Å²) in [5.74, 6) is -2.74. The van der Waals surface area contributed by atoms with Gasteiger partial charge in [-0.1, -0.05) is 0 Å². The lowest BCUT2D eigenvalue weighted by Crippen LogP contribution is -2.28. The van der Waals surface area contributed by atoms with E-state index in [0.29, 0.717) is 0 Å². The zero-order valence-corrected chi connectivity index (χ0v) is 9.87. The summed E-state index contributed by atoms with van der Waals surface area (Å²) in [6.07, 6.45) is 0.166. The molecule has 1 heterocycles. The summed E-state index contributed by atoms with van der Waals surface area (Å²) in [6.45, 7) is 0.251. The Morgan fingerprint density at radius 1 is 1.16 bits per heavy atom. The largest absolute Gasteiger partial charge is 0.478 e. The normalized spacial score (nSPS) is 18.7. The number of hydrogen-bond donors (Lipinski definition) is 3. The molecule has 0 aliphatic carbocycles. The monoisotopic (exact) mass is 264 g/mol. The molecule has 1 fully saturated rings. The van der Waals surface area contributed by atoms with Crippen molar-refractivity contribution < 1.29 is 24.6 Å². The molecule has 1 aliphatic rings. The first-order chi connectivity index (χ1) is 8.88. The van der Waals surface area contributed by atoms with Crippen LogP contribution in [0.15, 0.2) is 18.2 Å². The van der Waals surface area contributed by atoms with Crippen LogP contribution < -0.4 is 10.6 Å². The fourth-order valence-corrected chi connectivity index (χ4v) is 2.00. The fourth-order valence-electron chi connectivity index (χ4n) is 2.00. The minimum atomic E-state index is -1.25. The second-order valence-electron chi connectivity index (χ2n) is 4.35. The molecule has 7 nitrogen and oxygen atoms in total. The van der Waals surface area contributed by atoms with E-state index in [1.54, 1.807) is 0 Å². The highest BCUT2D eigenvalue weighted by Crippen LogP contribution is 2.24. The van der Waals surface area contributed by atoms with Gasteiger partial charge in [0.1, 0.15) is 0 Å². The molecule has 1 aromatic carbocycles. The Balaban J connectivity index is 2.48. The van der Waals surface area contributed by atoms with E-state index < -0.39 is 11.9 Å². The fraction of sp³-hybridized carbons (Fsp3) is 0.250. The number of carboxylic acids is 2. The van der Waals surface area contributed by atoms with E-state index in [4.69, 9.17) is 15.9 Å². The number of aromatic carboxylic acids is 2. The van der Waals surface area contributed by atoms with Crippen LogP contribution in [-0.4, -0.2) is 40.6 Å². The number of benzene rings is 1. The summed E-state index contributed by atoms with van der Waals surface area (Å²) in [5.41, 5.74) is 5.54. The van der Waals surface area contributed by atoms with Crippen molar-refractivity contribution >= 4 is 23.5 Å². The predicted octanol–water partition coefficient (Wildman–Crippen LogP) is 0.147. The number of nitrogens with two attached hydrogens (primary N) is 1. The van der Waals surface area contributed by atoms with Crippen LogP contribution in [0.4, 0.5) is 5.69 Å². The molecule has 0 radical (unpaired) electrons. The summed E-state index contributed by atoms with van der Waals surface area (Å²) in [4.78, 5) is 34.9. The number of rotatable bonds is 3. The van der Waals surface area contributed by atoms with Crippen LogP contribution in [-0.2, 0) is 4.79 Å². The molecular weight excluding hydrogens is 252 g/mol.